The topological polar surface area (TPSA) is 58.8 Å². The molecule has 0 spiro atoms. The second kappa shape index (κ2) is 7.03. The van der Waals surface area contributed by atoms with E-state index in [0.717, 1.165) is 18.8 Å². The minimum atomic E-state index is -0.0823. The molecule has 2 aliphatic rings. The Hall–Kier alpha value is -3.28. The van der Waals surface area contributed by atoms with Gasteiger partial charge in [-0.15, -0.1) is 0 Å². The van der Waals surface area contributed by atoms with Crippen LogP contribution in [0.5, 0.6) is 5.75 Å². The van der Waals surface area contributed by atoms with Crippen LogP contribution >= 0.6 is 0 Å². The summed E-state index contributed by atoms with van der Waals surface area (Å²) in [4.78, 5) is 20.4. The molecular weight excluding hydrogens is 354 g/mol. The van der Waals surface area contributed by atoms with Gasteiger partial charge in [0.15, 0.2) is 5.76 Å². The van der Waals surface area contributed by atoms with E-state index in [1.54, 1.807) is 17.0 Å². The van der Waals surface area contributed by atoms with Gasteiger partial charge in [0.05, 0.1) is 19.4 Å². The van der Waals surface area contributed by atoms with Crippen LogP contribution in [0.1, 0.15) is 22.0 Å². The Kier molecular flexibility index (Phi) is 4.24. The van der Waals surface area contributed by atoms with E-state index in [-0.39, 0.29) is 12.0 Å². The number of furan rings is 1. The fraction of sp³-hybridized carbons (Fsp3) is 0.273. The second-order valence-corrected chi connectivity index (χ2v) is 7.31. The lowest BCUT2D eigenvalue weighted by Gasteiger charge is -2.41. The van der Waals surface area contributed by atoms with Crippen molar-refractivity contribution in [2.75, 3.05) is 31.1 Å². The summed E-state index contributed by atoms with van der Waals surface area (Å²) in [5, 5.41) is 0. The first-order valence-corrected chi connectivity index (χ1v) is 9.50. The lowest BCUT2D eigenvalue weighted by molar-refractivity contribution is 0.0155. The number of nitrogens with zero attached hydrogens (tertiary/aromatic N) is 3. The Morgan fingerprint density at radius 3 is 2.54 bits per heavy atom. The van der Waals surface area contributed by atoms with Crippen LogP contribution in [0, 0.1) is 0 Å². The number of aromatic nitrogens is 1. The highest BCUT2D eigenvalue weighted by Gasteiger charge is 2.34. The van der Waals surface area contributed by atoms with Gasteiger partial charge in [0.25, 0.3) is 5.91 Å². The van der Waals surface area contributed by atoms with Gasteiger partial charge in [-0.2, -0.15) is 0 Å². The maximum Gasteiger partial charge on any atom is 0.289 e. The smallest absolute Gasteiger partial charge is 0.289 e. The van der Waals surface area contributed by atoms with Gasteiger partial charge in [-0.3, -0.25) is 9.78 Å². The van der Waals surface area contributed by atoms with E-state index in [4.69, 9.17) is 9.15 Å². The average molecular weight is 375 g/mol. The first kappa shape index (κ1) is 16.9. The number of hydrogen-bond donors (Lipinski definition) is 0. The SMILES string of the molecule is O=C(c1ccco1)N1CC(Oc2ccc(N3CC(c4cccnc4)C3)cc2)C1. The van der Waals surface area contributed by atoms with Crippen molar-refractivity contribution in [1.82, 2.24) is 9.88 Å². The molecule has 0 saturated carbocycles. The number of benzene rings is 1. The largest absolute Gasteiger partial charge is 0.487 e. The van der Waals surface area contributed by atoms with Gasteiger partial charge in [0, 0.05) is 37.1 Å². The van der Waals surface area contributed by atoms with Gasteiger partial charge in [-0.25, -0.2) is 0 Å². The zero-order valence-corrected chi connectivity index (χ0v) is 15.4. The van der Waals surface area contributed by atoms with Crippen LogP contribution in [-0.4, -0.2) is 48.1 Å². The van der Waals surface area contributed by atoms with Crippen molar-refractivity contribution in [3.63, 3.8) is 0 Å². The molecule has 5 rings (SSSR count). The molecule has 2 aromatic heterocycles. The van der Waals surface area contributed by atoms with E-state index in [0.29, 0.717) is 24.8 Å². The minimum absolute atomic E-state index is 0.0312. The third-order valence-corrected chi connectivity index (χ3v) is 5.41. The molecular formula is C22H21N3O3. The highest BCUT2D eigenvalue weighted by atomic mass is 16.5. The Labute approximate surface area is 163 Å². The van der Waals surface area contributed by atoms with Crippen LogP contribution in [-0.2, 0) is 0 Å². The molecule has 6 nitrogen and oxygen atoms in total. The quantitative estimate of drug-likeness (QED) is 0.686. The Morgan fingerprint density at radius 1 is 1.04 bits per heavy atom. The number of carbonyl (C=O) groups excluding carboxylic acids is 1. The molecule has 0 N–H and O–H groups in total. The summed E-state index contributed by atoms with van der Waals surface area (Å²) in [6, 6.07) is 15.7. The lowest BCUT2D eigenvalue weighted by Crippen LogP contribution is -2.56. The molecule has 2 fully saturated rings. The monoisotopic (exact) mass is 375 g/mol. The maximum atomic E-state index is 12.1. The summed E-state index contributed by atoms with van der Waals surface area (Å²) >= 11 is 0. The van der Waals surface area contributed by atoms with E-state index >= 15 is 0 Å². The summed E-state index contributed by atoms with van der Waals surface area (Å²) in [5.41, 5.74) is 2.51. The highest BCUT2D eigenvalue weighted by molar-refractivity contribution is 5.92. The molecule has 142 valence electrons. The third kappa shape index (κ3) is 3.22. The predicted molar refractivity (Wildman–Crippen MR) is 105 cm³/mol. The molecule has 2 saturated heterocycles. The van der Waals surface area contributed by atoms with Crippen molar-refractivity contribution in [2.24, 2.45) is 0 Å². The number of likely N-dealkylation sites (tertiary alicyclic amines) is 1. The minimum Gasteiger partial charge on any atom is -0.487 e. The zero-order chi connectivity index (χ0) is 18.9. The molecule has 1 aromatic carbocycles. The van der Waals surface area contributed by atoms with Crippen molar-refractivity contribution in [1.29, 1.82) is 0 Å². The van der Waals surface area contributed by atoms with Crippen LogP contribution in [0.25, 0.3) is 0 Å². The van der Waals surface area contributed by atoms with Crippen LogP contribution < -0.4 is 9.64 Å². The van der Waals surface area contributed by atoms with Gasteiger partial charge in [0.2, 0.25) is 0 Å². The fourth-order valence-electron chi connectivity index (χ4n) is 3.68. The van der Waals surface area contributed by atoms with Gasteiger partial charge >= 0.3 is 0 Å². The number of ether oxygens (including phenoxy) is 1. The number of rotatable bonds is 5. The Bertz CT molecular complexity index is 929. The molecule has 1 amide bonds. The molecule has 0 atom stereocenters. The number of amides is 1. The fourth-order valence-corrected chi connectivity index (χ4v) is 3.68. The normalized spacial score (nSPS) is 17.1. The van der Waals surface area contributed by atoms with Crippen molar-refractivity contribution >= 4 is 11.6 Å². The summed E-state index contributed by atoms with van der Waals surface area (Å²) in [6.45, 7) is 3.19. The molecule has 28 heavy (non-hydrogen) atoms. The van der Waals surface area contributed by atoms with Crippen molar-refractivity contribution in [2.45, 2.75) is 12.0 Å². The number of anilines is 1. The summed E-state index contributed by atoms with van der Waals surface area (Å²) in [5.74, 6) is 1.68. The Morgan fingerprint density at radius 2 is 1.86 bits per heavy atom. The molecule has 3 aromatic rings. The van der Waals surface area contributed by atoms with E-state index in [9.17, 15) is 4.79 Å². The number of hydrogen-bond acceptors (Lipinski definition) is 5. The molecule has 0 aliphatic carbocycles. The summed E-state index contributed by atoms with van der Waals surface area (Å²) < 4.78 is 11.1. The first-order chi connectivity index (χ1) is 13.8. The highest BCUT2D eigenvalue weighted by Crippen LogP contribution is 2.32. The van der Waals surface area contributed by atoms with Crippen LogP contribution in [0.4, 0.5) is 5.69 Å². The van der Waals surface area contributed by atoms with Crippen LogP contribution in [0.15, 0.2) is 71.6 Å². The first-order valence-electron chi connectivity index (χ1n) is 9.50. The number of pyridine rings is 1. The Balaban J connectivity index is 1.11. The molecule has 0 radical (unpaired) electrons. The van der Waals surface area contributed by atoms with E-state index in [2.05, 4.69) is 28.1 Å². The zero-order valence-electron chi connectivity index (χ0n) is 15.4. The van der Waals surface area contributed by atoms with Crippen molar-refractivity contribution in [3.8, 4) is 5.75 Å². The summed E-state index contributed by atoms with van der Waals surface area (Å²) in [6.07, 6.45) is 5.31. The summed E-state index contributed by atoms with van der Waals surface area (Å²) in [7, 11) is 0. The second-order valence-electron chi connectivity index (χ2n) is 7.31. The standard InChI is InChI=1S/C22H21N3O3/c26-22(21-4-2-10-27-21)25-14-20(15-25)28-19-7-5-18(6-8-19)24-12-17(13-24)16-3-1-9-23-11-16/h1-11,17,20H,12-15H2. The molecule has 0 unspecified atom stereocenters. The van der Waals surface area contributed by atoms with E-state index in [1.807, 2.05) is 30.6 Å². The van der Waals surface area contributed by atoms with Crippen molar-refractivity contribution in [3.05, 3.63) is 78.5 Å². The van der Waals surface area contributed by atoms with Crippen LogP contribution in [0.2, 0.25) is 0 Å². The molecule has 2 aliphatic heterocycles. The average Bonchev–Trinajstić information content (AvgIpc) is 3.19. The molecule has 6 heteroatoms. The maximum absolute atomic E-state index is 12.1. The third-order valence-electron chi connectivity index (χ3n) is 5.41. The lowest BCUT2D eigenvalue weighted by atomic mass is 9.92. The van der Waals surface area contributed by atoms with Gasteiger partial charge in [-0.05, 0) is 48.0 Å². The van der Waals surface area contributed by atoms with Gasteiger partial charge in [0.1, 0.15) is 11.9 Å². The predicted octanol–water partition coefficient (Wildman–Crippen LogP) is 3.18. The van der Waals surface area contributed by atoms with Gasteiger partial charge < -0.3 is 19.0 Å². The molecule has 0 bridgehead atoms. The van der Waals surface area contributed by atoms with Crippen LogP contribution in [0.3, 0.4) is 0 Å². The van der Waals surface area contributed by atoms with E-state index < -0.39 is 0 Å². The number of carbonyl (C=O) groups is 1. The van der Waals surface area contributed by atoms with Crippen molar-refractivity contribution < 1.29 is 13.9 Å². The van der Waals surface area contributed by atoms with E-state index in [1.165, 1.54) is 17.5 Å². The van der Waals surface area contributed by atoms with Gasteiger partial charge in [-0.1, -0.05) is 6.07 Å². The molecule has 4 heterocycles.